The lowest BCUT2D eigenvalue weighted by Crippen LogP contribution is -2.23. The molecular weight excluding hydrogens is 280 g/mol. The van der Waals surface area contributed by atoms with Gasteiger partial charge in [0.05, 0.1) is 5.02 Å². The Bertz CT molecular complexity index is 622. The maximum atomic E-state index is 11.8. The lowest BCUT2D eigenvalue weighted by Gasteiger charge is -2.06. The fourth-order valence-electron chi connectivity index (χ4n) is 1.62. The van der Waals surface area contributed by atoms with Gasteiger partial charge in [-0.05, 0) is 23.8 Å². The van der Waals surface area contributed by atoms with Crippen LogP contribution in [0.3, 0.4) is 0 Å². The lowest BCUT2D eigenvalue weighted by molar-refractivity contribution is 0.0946. The molecule has 0 spiro atoms. The largest absolute Gasteiger partial charge is 0.356 e. The number of aromatic nitrogens is 1. The maximum absolute atomic E-state index is 11.8. The molecule has 3 amide bonds. The molecule has 6 nitrogen and oxygen atoms in total. The number of carbonyl (C=O) groups is 2. The highest BCUT2D eigenvalue weighted by molar-refractivity contribution is 6.30. The third kappa shape index (κ3) is 3.76. The Morgan fingerprint density at radius 1 is 1.25 bits per heavy atom. The van der Waals surface area contributed by atoms with E-state index in [0.29, 0.717) is 22.9 Å². The summed E-state index contributed by atoms with van der Waals surface area (Å²) in [5.74, 6) is -0.240. The number of primary amides is 1. The van der Waals surface area contributed by atoms with E-state index in [2.05, 4.69) is 15.6 Å². The number of H-pyrrole nitrogens is 1. The van der Waals surface area contributed by atoms with Crippen LogP contribution in [0.4, 0.5) is 10.5 Å². The van der Waals surface area contributed by atoms with Crippen molar-refractivity contribution in [2.24, 2.45) is 5.73 Å². The summed E-state index contributed by atoms with van der Waals surface area (Å²) < 4.78 is 0. The van der Waals surface area contributed by atoms with E-state index in [4.69, 9.17) is 17.3 Å². The molecule has 20 heavy (non-hydrogen) atoms. The first-order valence-corrected chi connectivity index (χ1v) is 6.20. The highest BCUT2D eigenvalue weighted by Crippen LogP contribution is 2.11. The van der Waals surface area contributed by atoms with Crippen molar-refractivity contribution >= 4 is 29.2 Å². The molecule has 1 aromatic heterocycles. The fraction of sp³-hybridized carbons (Fsp3) is 0.0769. The molecule has 5 N–H and O–H groups in total. The van der Waals surface area contributed by atoms with Crippen LogP contribution in [0.5, 0.6) is 0 Å². The number of anilines is 1. The molecule has 1 aromatic carbocycles. The number of carbonyl (C=O) groups excluding carboxylic acids is 2. The topological polar surface area (TPSA) is 100 Å². The minimum atomic E-state index is -0.616. The first-order chi connectivity index (χ1) is 9.54. The number of nitrogens with one attached hydrogen (secondary N) is 3. The van der Waals surface area contributed by atoms with Crippen LogP contribution in [0.25, 0.3) is 0 Å². The van der Waals surface area contributed by atoms with Crippen LogP contribution in [0.2, 0.25) is 5.02 Å². The minimum Gasteiger partial charge on any atom is -0.356 e. The van der Waals surface area contributed by atoms with Crippen molar-refractivity contribution in [1.29, 1.82) is 0 Å². The van der Waals surface area contributed by atoms with Gasteiger partial charge in [0.15, 0.2) is 0 Å². The molecule has 0 aliphatic heterocycles. The number of aromatic amines is 1. The highest BCUT2D eigenvalue weighted by atomic mass is 35.5. The molecule has 1 heterocycles. The third-order valence-corrected chi connectivity index (χ3v) is 2.79. The van der Waals surface area contributed by atoms with Gasteiger partial charge in [0.1, 0.15) is 5.69 Å². The highest BCUT2D eigenvalue weighted by Gasteiger charge is 2.07. The summed E-state index contributed by atoms with van der Waals surface area (Å²) in [5, 5.41) is 5.69. The lowest BCUT2D eigenvalue weighted by atomic mass is 10.2. The first-order valence-electron chi connectivity index (χ1n) is 5.82. The summed E-state index contributed by atoms with van der Waals surface area (Å²) >= 11 is 5.72. The predicted molar refractivity (Wildman–Crippen MR) is 76.6 cm³/mol. The van der Waals surface area contributed by atoms with Gasteiger partial charge < -0.3 is 21.4 Å². The average Bonchev–Trinajstić information content (AvgIpc) is 2.84. The number of benzene rings is 1. The van der Waals surface area contributed by atoms with Gasteiger partial charge in [-0.15, -0.1) is 0 Å². The smallest absolute Gasteiger partial charge is 0.316 e. The van der Waals surface area contributed by atoms with E-state index in [1.54, 1.807) is 36.5 Å². The van der Waals surface area contributed by atoms with E-state index >= 15 is 0 Å². The van der Waals surface area contributed by atoms with Gasteiger partial charge in [-0.1, -0.05) is 23.7 Å². The minimum absolute atomic E-state index is 0.240. The molecular formula is C13H13ClN4O2. The molecule has 0 atom stereocenters. The summed E-state index contributed by atoms with van der Waals surface area (Å²) in [4.78, 5) is 25.2. The Hall–Kier alpha value is -2.47. The normalized spacial score (nSPS) is 10.1. The molecule has 0 aliphatic carbocycles. The van der Waals surface area contributed by atoms with Gasteiger partial charge >= 0.3 is 6.03 Å². The van der Waals surface area contributed by atoms with Gasteiger partial charge in [0, 0.05) is 18.4 Å². The summed E-state index contributed by atoms with van der Waals surface area (Å²) in [6, 6.07) is 7.92. The van der Waals surface area contributed by atoms with Crippen molar-refractivity contribution in [2.45, 2.75) is 6.54 Å². The zero-order valence-electron chi connectivity index (χ0n) is 10.4. The summed E-state index contributed by atoms with van der Waals surface area (Å²) in [5.41, 5.74) is 6.91. The second-order valence-electron chi connectivity index (χ2n) is 4.10. The average molecular weight is 293 g/mol. The summed E-state index contributed by atoms with van der Waals surface area (Å²) in [6.45, 7) is 0.367. The third-order valence-electron chi connectivity index (χ3n) is 2.57. The Kier molecular flexibility index (Phi) is 4.27. The van der Waals surface area contributed by atoms with Crippen LogP contribution in [-0.4, -0.2) is 16.9 Å². The molecule has 0 aliphatic rings. The number of nitrogens with two attached hydrogens (primary N) is 1. The monoisotopic (exact) mass is 292 g/mol. The van der Waals surface area contributed by atoms with Crippen molar-refractivity contribution in [3.05, 3.63) is 52.8 Å². The number of amides is 3. The maximum Gasteiger partial charge on any atom is 0.316 e. The number of urea groups is 1. The molecule has 0 bridgehead atoms. The fourth-order valence-corrected chi connectivity index (χ4v) is 1.79. The number of rotatable bonds is 4. The van der Waals surface area contributed by atoms with Crippen molar-refractivity contribution in [2.75, 3.05) is 5.32 Å². The van der Waals surface area contributed by atoms with Gasteiger partial charge in [-0.3, -0.25) is 4.79 Å². The quantitative estimate of drug-likeness (QED) is 0.693. The zero-order chi connectivity index (χ0) is 14.5. The second kappa shape index (κ2) is 6.12. The van der Waals surface area contributed by atoms with Crippen molar-refractivity contribution in [3.8, 4) is 0 Å². The van der Waals surface area contributed by atoms with Crippen LogP contribution < -0.4 is 16.4 Å². The van der Waals surface area contributed by atoms with Gasteiger partial charge in [-0.25, -0.2) is 4.79 Å². The van der Waals surface area contributed by atoms with Crippen LogP contribution >= 0.6 is 11.6 Å². The van der Waals surface area contributed by atoms with Gasteiger partial charge in [-0.2, -0.15) is 0 Å². The summed E-state index contributed by atoms with van der Waals surface area (Å²) in [6.07, 6.45) is 1.54. The first kappa shape index (κ1) is 14.0. The van der Waals surface area contributed by atoms with Gasteiger partial charge in [0.25, 0.3) is 5.91 Å². The molecule has 0 saturated carbocycles. The van der Waals surface area contributed by atoms with E-state index < -0.39 is 6.03 Å². The van der Waals surface area contributed by atoms with E-state index in [9.17, 15) is 9.59 Å². The second-order valence-corrected chi connectivity index (χ2v) is 4.54. The Balaban J connectivity index is 1.90. The molecule has 7 heteroatoms. The van der Waals surface area contributed by atoms with Crippen LogP contribution in [0.15, 0.2) is 36.5 Å². The van der Waals surface area contributed by atoms with E-state index in [-0.39, 0.29) is 5.91 Å². The Morgan fingerprint density at radius 3 is 2.50 bits per heavy atom. The van der Waals surface area contributed by atoms with Crippen LogP contribution in [0, 0.1) is 0 Å². The van der Waals surface area contributed by atoms with Gasteiger partial charge in [0.2, 0.25) is 0 Å². The molecule has 0 saturated heterocycles. The standard InChI is InChI=1S/C13H13ClN4O2/c14-9-5-11(16-7-9)12(19)17-6-8-1-3-10(4-2-8)18-13(15)20/h1-5,7,16H,6H2,(H,17,19)(H3,15,18,20). The predicted octanol–water partition coefficient (Wildman–Crippen LogP) is 2.09. The SMILES string of the molecule is NC(=O)Nc1ccc(CNC(=O)c2cc(Cl)c[nH]2)cc1. The molecule has 0 radical (unpaired) electrons. The molecule has 0 fully saturated rings. The number of hydrogen-bond acceptors (Lipinski definition) is 2. The molecule has 2 aromatic rings. The van der Waals surface area contributed by atoms with E-state index in [0.717, 1.165) is 5.56 Å². The zero-order valence-corrected chi connectivity index (χ0v) is 11.2. The van der Waals surface area contributed by atoms with Crippen molar-refractivity contribution in [1.82, 2.24) is 10.3 Å². The van der Waals surface area contributed by atoms with Crippen LogP contribution in [-0.2, 0) is 6.54 Å². The number of hydrogen-bond donors (Lipinski definition) is 4. The van der Waals surface area contributed by atoms with E-state index in [1.807, 2.05) is 0 Å². The van der Waals surface area contributed by atoms with Crippen LogP contribution in [0.1, 0.15) is 16.1 Å². The van der Waals surface area contributed by atoms with Crippen molar-refractivity contribution in [3.63, 3.8) is 0 Å². The van der Waals surface area contributed by atoms with E-state index in [1.165, 1.54) is 0 Å². The summed E-state index contributed by atoms with van der Waals surface area (Å²) in [7, 11) is 0. The molecule has 2 rings (SSSR count). The Morgan fingerprint density at radius 2 is 1.95 bits per heavy atom. The van der Waals surface area contributed by atoms with Crippen molar-refractivity contribution < 1.29 is 9.59 Å². The molecule has 104 valence electrons. The number of halogens is 1. The molecule has 0 unspecified atom stereocenters. The Labute approximate surface area is 120 Å².